The molecule has 8 heteroatoms. The molecule has 22 heavy (non-hydrogen) atoms. The molecule has 0 spiro atoms. The molecule has 0 unspecified atom stereocenters. The Bertz CT molecular complexity index is 804. The highest BCUT2D eigenvalue weighted by atomic mass is 35.5. The molecule has 0 atom stereocenters. The van der Waals surface area contributed by atoms with E-state index in [0.717, 1.165) is 0 Å². The molecule has 116 valence electrons. The van der Waals surface area contributed by atoms with Gasteiger partial charge in [-0.15, -0.1) is 11.3 Å². The fourth-order valence-corrected chi connectivity index (χ4v) is 4.75. The zero-order valence-corrected chi connectivity index (χ0v) is 13.8. The average Bonchev–Trinajstić information content (AvgIpc) is 3.10. The summed E-state index contributed by atoms with van der Waals surface area (Å²) in [4.78, 5) is 12.6. The van der Waals surface area contributed by atoms with Crippen LogP contribution >= 0.6 is 22.9 Å². The molecule has 1 fully saturated rings. The van der Waals surface area contributed by atoms with E-state index in [9.17, 15) is 13.2 Å². The molecule has 0 saturated carbocycles. The third-order valence-corrected chi connectivity index (χ3v) is 6.36. The van der Waals surface area contributed by atoms with E-state index >= 15 is 0 Å². The van der Waals surface area contributed by atoms with E-state index < -0.39 is 10.0 Å². The molecule has 2 heterocycles. The van der Waals surface area contributed by atoms with Crippen LogP contribution in [0.4, 0.5) is 11.4 Å². The largest absolute Gasteiger partial charge is 0.321 e. The van der Waals surface area contributed by atoms with Crippen molar-refractivity contribution in [2.75, 3.05) is 21.9 Å². The van der Waals surface area contributed by atoms with Crippen LogP contribution in [0, 0.1) is 0 Å². The summed E-state index contributed by atoms with van der Waals surface area (Å²) in [7, 11) is -3.31. The second-order valence-corrected chi connectivity index (χ2v) is 8.21. The Morgan fingerprint density at radius 2 is 2.14 bits per heavy atom. The molecule has 3 rings (SSSR count). The highest BCUT2D eigenvalue weighted by Crippen LogP contribution is 2.33. The number of carbonyl (C=O) groups excluding carboxylic acids is 1. The Kier molecular flexibility index (Phi) is 4.12. The molecular weight excluding hydrogens is 344 g/mol. The summed E-state index contributed by atoms with van der Waals surface area (Å²) in [6, 6.07) is 8.36. The zero-order chi connectivity index (χ0) is 15.7. The summed E-state index contributed by atoms with van der Waals surface area (Å²) in [5, 5.41) is 4.92. The van der Waals surface area contributed by atoms with Crippen molar-refractivity contribution in [2.24, 2.45) is 0 Å². The number of hydrogen-bond acceptors (Lipinski definition) is 4. The molecule has 1 aliphatic rings. The average molecular weight is 357 g/mol. The van der Waals surface area contributed by atoms with Gasteiger partial charge in [0.15, 0.2) is 0 Å². The van der Waals surface area contributed by atoms with Crippen molar-refractivity contribution in [2.45, 2.75) is 6.42 Å². The minimum absolute atomic E-state index is 0.120. The monoisotopic (exact) mass is 356 g/mol. The van der Waals surface area contributed by atoms with Crippen LogP contribution in [0.25, 0.3) is 0 Å². The molecule has 1 aromatic carbocycles. The fraction of sp³-hybridized carbons (Fsp3) is 0.214. The maximum absolute atomic E-state index is 12.1. The molecule has 1 saturated heterocycles. The van der Waals surface area contributed by atoms with Crippen molar-refractivity contribution >= 4 is 50.2 Å². The molecule has 0 aliphatic carbocycles. The summed E-state index contributed by atoms with van der Waals surface area (Å²) in [6.45, 7) is 0.407. The van der Waals surface area contributed by atoms with Crippen LogP contribution in [0.1, 0.15) is 16.1 Å². The van der Waals surface area contributed by atoms with E-state index in [-0.39, 0.29) is 11.7 Å². The molecule has 1 amide bonds. The van der Waals surface area contributed by atoms with Gasteiger partial charge in [0.1, 0.15) is 0 Å². The third-order valence-electron chi connectivity index (χ3n) is 3.32. The Labute approximate surface area is 137 Å². The quantitative estimate of drug-likeness (QED) is 0.918. The summed E-state index contributed by atoms with van der Waals surface area (Å²) >= 11 is 7.46. The van der Waals surface area contributed by atoms with Crippen molar-refractivity contribution in [1.82, 2.24) is 0 Å². The highest BCUT2D eigenvalue weighted by molar-refractivity contribution is 7.93. The van der Waals surface area contributed by atoms with E-state index in [1.54, 1.807) is 30.3 Å². The lowest BCUT2D eigenvalue weighted by Gasteiger charge is -2.19. The number of thiophene rings is 1. The van der Waals surface area contributed by atoms with Gasteiger partial charge in [0.05, 0.1) is 21.3 Å². The van der Waals surface area contributed by atoms with Crippen LogP contribution in [0.5, 0.6) is 0 Å². The first-order valence-electron chi connectivity index (χ1n) is 6.62. The predicted octanol–water partition coefficient (Wildman–Crippen LogP) is 3.19. The number of rotatable bonds is 3. The molecule has 5 nitrogen and oxygen atoms in total. The molecule has 1 aliphatic heterocycles. The number of anilines is 2. The minimum Gasteiger partial charge on any atom is -0.321 e. The maximum atomic E-state index is 12.1. The van der Waals surface area contributed by atoms with Gasteiger partial charge < -0.3 is 5.32 Å². The van der Waals surface area contributed by atoms with Crippen LogP contribution < -0.4 is 9.62 Å². The number of halogens is 1. The van der Waals surface area contributed by atoms with Gasteiger partial charge >= 0.3 is 0 Å². The van der Waals surface area contributed by atoms with E-state index in [2.05, 4.69) is 5.32 Å². The van der Waals surface area contributed by atoms with E-state index in [4.69, 9.17) is 11.6 Å². The second-order valence-electron chi connectivity index (χ2n) is 4.84. The molecule has 1 aromatic heterocycles. The molecule has 2 aromatic rings. The number of nitrogens with zero attached hydrogens (tertiary/aromatic N) is 1. The first kappa shape index (κ1) is 15.3. The smallest absolute Gasteiger partial charge is 0.265 e. The van der Waals surface area contributed by atoms with Gasteiger partial charge in [-0.1, -0.05) is 17.7 Å². The van der Waals surface area contributed by atoms with Crippen molar-refractivity contribution in [3.05, 3.63) is 45.6 Å². The van der Waals surface area contributed by atoms with Gasteiger partial charge in [-0.2, -0.15) is 0 Å². The molecule has 0 bridgehead atoms. The van der Waals surface area contributed by atoms with Crippen LogP contribution in [-0.2, 0) is 10.0 Å². The fourth-order valence-electron chi connectivity index (χ4n) is 2.29. The Morgan fingerprint density at radius 3 is 2.77 bits per heavy atom. The second kappa shape index (κ2) is 5.91. The number of nitrogens with one attached hydrogen (secondary N) is 1. The van der Waals surface area contributed by atoms with Crippen LogP contribution in [0.3, 0.4) is 0 Å². The Morgan fingerprint density at radius 1 is 1.32 bits per heavy atom. The van der Waals surface area contributed by atoms with Gasteiger partial charge in [0, 0.05) is 12.2 Å². The number of carbonyl (C=O) groups is 1. The minimum atomic E-state index is -3.31. The first-order chi connectivity index (χ1) is 10.5. The standard InChI is InChI=1S/C14H13ClN2O3S2/c15-11-5-4-10(16-14(18)13-3-1-7-21-13)9-12(11)17-6-2-8-22(17,19)20/h1,3-5,7,9H,2,6,8H2,(H,16,18). The van der Waals surface area contributed by atoms with Gasteiger partial charge in [0.2, 0.25) is 10.0 Å². The van der Waals surface area contributed by atoms with Gasteiger partial charge in [0.25, 0.3) is 5.91 Å². The normalized spacial score (nSPS) is 16.7. The predicted molar refractivity (Wildman–Crippen MR) is 89.5 cm³/mol. The Balaban J connectivity index is 1.89. The summed E-state index contributed by atoms with van der Waals surface area (Å²) in [5.41, 5.74) is 0.919. The Hall–Kier alpha value is -1.57. The number of amides is 1. The van der Waals surface area contributed by atoms with Crippen molar-refractivity contribution in [3.8, 4) is 0 Å². The van der Waals surface area contributed by atoms with E-state index in [1.807, 2.05) is 5.38 Å². The number of benzene rings is 1. The van der Waals surface area contributed by atoms with Gasteiger partial charge in [-0.25, -0.2) is 8.42 Å². The van der Waals surface area contributed by atoms with E-state index in [1.165, 1.54) is 15.6 Å². The molecule has 1 N–H and O–H groups in total. The first-order valence-corrected chi connectivity index (χ1v) is 9.49. The van der Waals surface area contributed by atoms with Crippen LogP contribution in [-0.4, -0.2) is 26.6 Å². The van der Waals surface area contributed by atoms with Crippen LogP contribution in [0.2, 0.25) is 5.02 Å². The maximum Gasteiger partial charge on any atom is 0.265 e. The van der Waals surface area contributed by atoms with Crippen LogP contribution in [0.15, 0.2) is 35.7 Å². The third kappa shape index (κ3) is 2.97. The lowest BCUT2D eigenvalue weighted by atomic mass is 10.2. The highest BCUT2D eigenvalue weighted by Gasteiger charge is 2.30. The lowest BCUT2D eigenvalue weighted by molar-refractivity contribution is 0.103. The van der Waals surface area contributed by atoms with Crippen molar-refractivity contribution in [1.29, 1.82) is 0 Å². The number of sulfonamides is 1. The van der Waals surface area contributed by atoms with Gasteiger partial charge in [-0.3, -0.25) is 9.10 Å². The molecule has 0 radical (unpaired) electrons. The SMILES string of the molecule is O=C(Nc1ccc(Cl)c(N2CCCS2(=O)=O)c1)c1cccs1. The zero-order valence-electron chi connectivity index (χ0n) is 11.5. The molecular formula is C14H13ClN2O3S2. The van der Waals surface area contributed by atoms with Gasteiger partial charge in [-0.05, 0) is 36.1 Å². The number of hydrogen-bond donors (Lipinski definition) is 1. The topological polar surface area (TPSA) is 66.5 Å². The lowest BCUT2D eigenvalue weighted by Crippen LogP contribution is -2.25. The summed E-state index contributed by atoms with van der Waals surface area (Å²) in [6.07, 6.45) is 0.574. The van der Waals surface area contributed by atoms with Crippen molar-refractivity contribution in [3.63, 3.8) is 0 Å². The van der Waals surface area contributed by atoms with E-state index in [0.29, 0.717) is 34.2 Å². The van der Waals surface area contributed by atoms with Crippen molar-refractivity contribution < 1.29 is 13.2 Å². The summed E-state index contributed by atoms with van der Waals surface area (Å²) in [5.74, 6) is -0.109. The summed E-state index contributed by atoms with van der Waals surface area (Å²) < 4.78 is 25.3.